The first kappa shape index (κ1) is 16.2. The summed E-state index contributed by atoms with van der Waals surface area (Å²) in [4.78, 5) is 15.1. The molecule has 116 valence electrons. The number of likely N-dealkylation sites (N-methyl/N-ethyl adjacent to an activating group) is 1. The molecule has 0 bridgehead atoms. The van der Waals surface area contributed by atoms with Gasteiger partial charge in [-0.25, -0.2) is 0 Å². The number of hydrogen-bond acceptors (Lipinski definition) is 3. The SMILES string of the molecule is CCc1ccc(C(=O)C(C)N(CC)C2CCNCC2)cc1. The molecule has 1 fully saturated rings. The van der Waals surface area contributed by atoms with E-state index in [0.717, 1.165) is 44.5 Å². The van der Waals surface area contributed by atoms with Crippen LogP contribution in [0.2, 0.25) is 0 Å². The lowest BCUT2D eigenvalue weighted by atomic mass is 9.98. The lowest BCUT2D eigenvalue weighted by Gasteiger charge is -2.37. The van der Waals surface area contributed by atoms with Crippen LogP contribution in [0.1, 0.15) is 49.5 Å². The van der Waals surface area contributed by atoms with Gasteiger partial charge in [0.2, 0.25) is 0 Å². The molecule has 0 amide bonds. The zero-order chi connectivity index (χ0) is 15.2. The molecular weight excluding hydrogens is 260 g/mol. The number of nitrogens with zero attached hydrogens (tertiary/aromatic N) is 1. The van der Waals surface area contributed by atoms with E-state index >= 15 is 0 Å². The number of carbonyl (C=O) groups is 1. The summed E-state index contributed by atoms with van der Waals surface area (Å²) in [5, 5.41) is 3.39. The molecule has 1 unspecified atom stereocenters. The number of piperidine rings is 1. The average Bonchev–Trinajstić information content (AvgIpc) is 2.56. The molecule has 1 aromatic rings. The van der Waals surface area contributed by atoms with Gasteiger partial charge in [-0.05, 0) is 51.4 Å². The van der Waals surface area contributed by atoms with Gasteiger partial charge in [-0.1, -0.05) is 38.1 Å². The van der Waals surface area contributed by atoms with Gasteiger partial charge in [-0.3, -0.25) is 9.69 Å². The second-order valence-corrected chi connectivity index (χ2v) is 5.90. The molecule has 1 aromatic carbocycles. The third-order valence-corrected chi connectivity index (χ3v) is 4.67. The fourth-order valence-corrected chi connectivity index (χ4v) is 3.28. The number of rotatable bonds is 6. The maximum absolute atomic E-state index is 12.7. The Kier molecular flexibility index (Phi) is 5.95. The number of hydrogen-bond donors (Lipinski definition) is 1. The van der Waals surface area contributed by atoms with Crippen molar-refractivity contribution in [2.45, 2.75) is 52.1 Å². The summed E-state index contributed by atoms with van der Waals surface area (Å²) in [5.41, 5.74) is 2.12. The minimum atomic E-state index is -0.0365. The van der Waals surface area contributed by atoms with Gasteiger partial charge in [-0.2, -0.15) is 0 Å². The standard InChI is InChI=1S/C18H28N2O/c1-4-15-6-8-16(9-7-15)18(21)14(3)20(5-2)17-10-12-19-13-11-17/h6-9,14,17,19H,4-5,10-13H2,1-3H3. The molecule has 2 rings (SSSR count). The van der Waals surface area contributed by atoms with Crippen LogP contribution in [0.4, 0.5) is 0 Å². The zero-order valence-electron chi connectivity index (χ0n) is 13.6. The van der Waals surface area contributed by atoms with Crippen molar-refractivity contribution < 1.29 is 4.79 Å². The Morgan fingerprint density at radius 2 is 1.86 bits per heavy atom. The van der Waals surface area contributed by atoms with Crippen LogP contribution in [0.15, 0.2) is 24.3 Å². The van der Waals surface area contributed by atoms with Gasteiger partial charge in [0.25, 0.3) is 0 Å². The molecule has 0 aliphatic carbocycles. The Labute approximate surface area is 128 Å². The van der Waals surface area contributed by atoms with E-state index in [-0.39, 0.29) is 11.8 Å². The van der Waals surface area contributed by atoms with E-state index < -0.39 is 0 Å². The molecule has 1 heterocycles. The third-order valence-electron chi connectivity index (χ3n) is 4.67. The van der Waals surface area contributed by atoms with Gasteiger partial charge in [0.1, 0.15) is 0 Å². The quantitative estimate of drug-likeness (QED) is 0.817. The van der Waals surface area contributed by atoms with E-state index in [1.54, 1.807) is 0 Å². The largest absolute Gasteiger partial charge is 0.317 e. The monoisotopic (exact) mass is 288 g/mol. The highest BCUT2D eigenvalue weighted by Gasteiger charge is 2.28. The third kappa shape index (κ3) is 3.92. The Hall–Kier alpha value is -1.19. The van der Waals surface area contributed by atoms with Crippen molar-refractivity contribution in [2.75, 3.05) is 19.6 Å². The normalized spacial score (nSPS) is 17.9. The van der Waals surface area contributed by atoms with Gasteiger partial charge < -0.3 is 5.32 Å². The Morgan fingerprint density at radius 1 is 1.24 bits per heavy atom. The van der Waals surface area contributed by atoms with Gasteiger partial charge >= 0.3 is 0 Å². The van der Waals surface area contributed by atoms with Crippen molar-refractivity contribution >= 4 is 5.78 Å². The van der Waals surface area contributed by atoms with Gasteiger partial charge in [0, 0.05) is 11.6 Å². The predicted molar refractivity (Wildman–Crippen MR) is 87.9 cm³/mol. The van der Waals surface area contributed by atoms with Crippen molar-refractivity contribution in [3.8, 4) is 0 Å². The number of nitrogens with one attached hydrogen (secondary N) is 1. The molecule has 1 aliphatic heterocycles. The van der Waals surface area contributed by atoms with Crippen LogP contribution in [0.3, 0.4) is 0 Å². The first-order chi connectivity index (χ1) is 10.2. The van der Waals surface area contributed by atoms with E-state index in [2.05, 4.69) is 43.1 Å². The maximum atomic E-state index is 12.7. The van der Waals surface area contributed by atoms with Crippen molar-refractivity contribution in [3.05, 3.63) is 35.4 Å². The fraction of sp³-hybridized carbons (Fsp3) is 0.611. The molecule has 0 radical (unpaired) electrons. The smallest absolute Gasteiger partial charge is 0.179 e. The molecule has 1 aliphatic rings. The van der Waals surface area contributed by atoms with E-state index in [9.17, 15) is 4.79 Å². The predicted octanol–water partition coefficient (Wildman–Crippen LogP) is 2.89. The zero-order valence-corrected chi connectivity index (χ0v) is 13.6. The van der Waals surface area contributed by atoms with Crippen LogP contribution in [-0.4, -0.2) is 42.4 Å². The van der Waals surface area contributed by atoms with Crippen LogP contribution < -0.4 is 5.32 Å². The topological polar surface area (TPSA) is 32.3 Å². The van der Waals surface area contributed by atoms with E-state index in [0.29, 0.717) is 6.04 Å². The summed E-state index contributed by atoms with van der Waals surface area (Å²) in [6.07, 6.45) is 3.29. The molecule has 1 N–H and O–H groups in total. The molecule has 3 heteroatoms. The minimum Gasteiger partial charge on any atom is -0.317 e. The molecule has 21 heavy (non-hydrogen) atoms. The average molecular weight is 288 g/mol. The van der Waals surface area contributed by atoms with Crippen molar-refractivity contribution in [2.24, 2.45) is 0 Å². The van der Waals surface area contributed by atoms with Gasteiger partial charge in [0.05, 0.1) is 6.04 Å². The molecule has 0 saturated carbocycles. The number of aryl methyl sites for hydroxylation is 1. The van der Waals surface area contributed by atoms with Crippen LogP contribution in [0.5, 0.6) is 0 Å². The van der Waals surface area contributed by atoms with E-state index in [1.165, 1.54) is 5.56 Å². The lowest BCUT2D eigenvalue weighted by Crippen LogP contribution is -2.49. The Balaban J connectivity index is 2.07. The highest BCUT2D eigenvalue weighted by molar-refractivity contribution is 5.99. The fourth-order valence-electron chi connectivity index (χ4n) is 3.28. The number of carbonyl (C=O) groups excluding carboxylic acids is 1. The summed E-state index contributed by atoms with van der Waals surface area (Å²) in [5.74, 6) is 0.248. The van der Waals surface area contributed by atoms with Crippen LogP contribution in [0.25, 0.3) is 0 Å². The number of Topliss-reactive ketones (excluding diaryl/α,β-unsaturated/α-hetero) is 1. The molecule has 1 saturated heterocycles. The number of benzene rings is 1. The van der Waals surface area contributed by atoms with Crippen molar-refractivity contribution in [1.29, 1.82) is 0 Å². The Morgan fingerprint density at radius 3 is 2.38 bits per heavy atom. The second-order valence-electron chi connectivity index (χ2n) is 5.90. The summed E-state index contributed by atoms with van der Waals surface area (Å²) in [6, 6.07) is 8.60. The van der Waals surface area contributed by atoms with Crippen LogP contribution >= 0.6 is 0 Å². The lowest BCUT2D eigenvalue weighted by molar-refractivity contribution is 0.0728. The van der Waals surface area contributed by atoms with E-state index in [4.69, 9.17) is 0 Å². The van der Waals surface area contributed by atoms with Gasteiger partial charge in [0.15, 0.2) is 5.78 Å². The summed E-state index contributed by atoms with van der Waals surface area (Å²) in [7, 11) is 0. The maximum Gasteiger partial charge on any atom is 0.179 e. The van der Waals surface area contributed by atoms with E-state index in [1.807, 2.05) is 12.1 Å². The summed E-state index contributed by atoms with van der Waals surface area (Å²) in [6.45, 7) is 9.41. The highest BCUT2D eigenvalue weighted by atomic mass is 16.1. The first-order valence-corrected chi connectivity index (χ1v) is 8.27. The minimum absolute atomic E-state index is 0.0365. The second kappa shape index (κ2) is 7.71. The number of ketones is 1. The molecule has 3 nitrogen and oxygen atoms in total. The molecular formula is C18H28N2O. The van der Waals surface area contributed by atoms with Gasteiger partial charge in [-0.15, -0.1) is 0 Å². The van der Waals surface area contributed by atoms with Crippen molar-refractivity contribution in [3.63, 3.8) is 0 Å². The van der Waals surface area contributed by atoms with Crippen LogP contribution in [0, 0.1) is 0 Å². The Bertz CT molecular complexity index is 449. The van der Waals surface area contributed by atoms with Crippen LogP contribution in [-0.2, 0) is 6.42 Å². The highest BCUT2D eigenvalue weighted by Crippen LogP contribution is 2.18. The summed E-state index contributed by atoms with van der Waals surface area (Å²) < 4.78 is 0. The van der Waals surface area contributed by atoms with Crippen molar-refractivity contribution in [1.82, 2.24) is 10.2 Å². The molecule has 0 spiro atoms. The first-order valence-electron chi connectivity index (χ1n) is 8.27. The molecule has 1 atom stereocenters. The molecule has 0 aromatic heterocycles. The summed E-state index contributed by atoms with van der Waals surface area (Å²) >= 11 is 0.